The van der Waals surface area contributed by atoms with Crippen LogP contribution in [0, 0.1) is 18.3 Å². The standard InChI is InChI=1S/C20H15ClN4O2S/c1-12-2-7-17-14(8-12)9-15(10-22)20(23-17)28-11-18(26)24-25-19(27)13-3-5-16(21)6-4-13/h2-9H,11H2,1H3,(H,24,26)(H,25,27). The summed E-state index contributed by atoms with van der Waals surface area (Å²) in [6.07, 6.45) is 0. The van der Waals surface area contributed by atoms with Gasteiger partial charge < -0.3 is 0 Å². The summed E-state index contributed by atoms with van der Waals surface area (Å²) in [5.74, 6) is -0.867. The quantitative estimate of drug-likeness (QED) is 0.506. The summed E-state index contributed by atoms with van der Waals surface area (Å²) in [5, 5.41) is 11.2. The normalized spacial score (nSPS) is 10.3. The molecule has 0 atom stereocenters. The molecule has 0 saturated heterocycles. The lowest BCUT2D eigenvalue weighted by Crippen LogP contribution is -2.42. The van der Waals surface area contributed by atoms with Crippen molar-refractivity contribution in [2.75, 3.05) is 5.75 Å². The van der Waals surface area contributed by atoms with Crippen molar-refractivity contribution in [1.29, 1.82) is 5.26 Å². The Kier molecular flexibility index (Phi) is 6.14. The van der Waals surface area contributed by atoms with Crippen LogP contribution >= 0.6 is 23.4 Å². The molecule has 8 heteroatoms. The summed E-state index contributed by atoms with van der Waals surface area (Å²) in [6.45, 7) is 1.97. The SMILES string of the molecule is Cc1ccc2nc(SCC(=O)NNC(=O)c3ccc(Cl)cc3)c(C#N)cc2c1. The molecule has 0 fully saturated rings. The third kappa shape index (κ3) is 4.80. The predicted octanol–water partition coefficient (Wildman–Crippen LogP) is 3.62. The Morgan fingerprint density at radius 2 is 1.89 bits per heavy atom. The van der Waals surface area contributed by atoms with Gasteiger partial charge in [-0.3, -0.25) is 20.4 Å². The van der Waals surface area contributed by atoms with Crippen LogP contribution in [0.5, 0.6) is 0 Å². The van der Waals surface area contributed by atoms with Crippen LogP contribution in [0.25, 0.3) is 10.9 Å². The van der Waals surface area contributed by atoms with Crippen LogP contribution in [0.3, 0.4) is 0 Å². The number of rotatable bonds is 4. The Labute approximate surface area is 170 Å². The largest absolute Gasteiger partial charge is 0.272 e. The second kappa shape index (κ2) is 8.74. The first-order valence-corrected chi connectivity index (χ1v) is 9.61. The zero-order chi connectivity index (χ0) is 20.1. The number of hydrogen-bond acceptors (Lipinski definition) is 5. The molecule has 0 unspecified atom stereocenters. The fraction of sp³-hybridized carbons (Fsp3) is 0.100. The minimum atomic E-state index is -0.452. The Balaban J connectivity index is 1.61. The highest BCUT2D eigenvalue weighted by molar-refractivity contribution is 8.00. The summed E-state index contributed by atoms with van der Waals surface area (Å²) in [5.41, 5.74) is 7.29. The van der Waals surface area contributed by atoms with E-state index in [1.54, 1.807) is 30.3 Å². The monoisotopic (exact) mass is 410 g/mol. The van der Waals surface area contributed by atoms with Gasteiger partial charge in [-0.1, -0.05) is 35.0 Å². The predicted molar refractivity (Wildman–Crippen MR) is 109 cm³/mol. The molecule has 28 heavy (non-hydrogen) atoms. The number of hydrazine groups is 1. The van der Waals surface area contributed by atoms with Crippen molar-refractivity contribution in [3.05, 3.63) is 70.2 Å². The highest BCUT2D eigenvalue weighted by atomic mass is 35.5. The van der Waals surface area contributed by atoms with Crippen molar-refractivity contribution in [3.8, 4) is 6.07 Å². The number of aromatic nitrogens is 1. The summed E-state index contributed by atoms with van der Waals surface area (Å²) >= 11 is 6.91. The van der Waals surface area contributed by atoms with E-state index in [0.717, 1.165) is 28.2 Å². The molecule has 2 amide bonds. The van der Waals surface area contributed by atoms with Gasteiger partial charge in [0.15, 0.2) is 0 Å². The van der Waals surface area contributed by atoms with Crippen molar-refractivity contribution in [1.82, 2.24) is 15.8 Å². The molecule has 1 heterocycles. The van der Waals surface area contributed by atoms with E-state index in [1.165, 1.54) is 0 Å². The molecule has 1 aromatic heterocycles. The van der Waals surface area contributed by atoms with E-state index >= 15 is 0 Å². The van der Waals surface area contributed by atoms with E-state index < -0.39 is 11.8 Å². The molecule has 2 aromatic carbocycles. The molecular weight excluding hydrogens is 396 g/mol. The Morgan fingerprint density at radius 3 is 2.61 bits per heavy atom. The van der Waals surface area contributed by atoms with Gasteiger partial charge in [-0.05, 0) is 49.4 Å². The van der Waals surface area contributed by atoms with E-state index in [2.05, 4.69) is 21.9 Å². The smallest absolute Gasteiger partial charge is 0.269 e. The highest BCUT2D eigenvalue weighted by Gasteiger charge is 2.12. The number of benzene rings is 2. The van der Waals surface area contributed by atoms with E-state index in [-0.39, 0.29) is 5.75 Å². The van der Waals surface area contributed by atoms with Crippen LogP contribution in [-0.4, -0.2) is 22.6 Å². The molecule has 0 spiro atoms. The molecular formula is C20H15ClN4O2S. The molecule has 0 bridgehead atoms. The maximum atomic E-state index is 12.0. The number of halogens is 1. The Hall–Kier alpha value is -3.08. The van der Waals surface area contributed by atoms with Crippen molar-refractivity contribution in [2.45, 2.75) is 11.9 Å². The highest BCUT2D eigenvalue weighted by Crippen LogP contribution is 2.25. The van der Waals surface area contributed by atoms with Crippen molar-refractivity contribution in [3.63, 3.8) is 0 Å². The number of carbonyl (C=O) groups excluding carboxylic acids is 2. The second-order valence-corrected chi connectivity index (χ2v) is 7.35. The first-order chi connectivity index (χ1) is 13.5. The number of aryl methyl sites for hydroxylation is 1. The average Bonchev–Trinajstić information content (AvgIpc) is 2.70. The molecule has 2 N–H and O–H groups in total. The van der Waals surface area contributed by atoms with E-state index in [0.29, 0.717) is 21.2 Å². The summed E-state index contributed by atoms with van der Waals surface area (Å²) in [6, 6.07) is 15.9. The first kappa shape index (κ1) is 19.7. The van der Waals surface area contributed by atoms with Gasteiger partial charge in [-0.25, -0.2) is 4.98 Å². The number of thioether (sulfide) groups is 1. The number of nitrogens with zero attached hydrogens (tertiary/aromatic N) is 2. The average molecular weight is 411 g/mol. The lowest BCUT2D eigenvalue weighted by Gasteiger charge is -2.08. The third-order valence-corrected chi connectivity index (χ3v) is 5.06. The Bertz CT molecular complexity index is 1090. The second-order valence-electron chi connectivity index (χ2n) is 5.95. The van der Waals surface area contributed by atoms with Crippen LogP contribution in [0.1, 0.15) is 21.5 Å². The van der Waals surface area contributed by atoms with Crippen molar-refractivity contribution < 1.29 is 9.59 Å². The van der Waals surface area contributed by atoms with Gasteiger partial charge in [0.25, 0.3) is 5.91 Å². The lowest BCUT2D eigenvalue weighted by molar-refractivity contribution is -0.119. The number of carbonyl (C=O) groups is 2. The van der Waals surface area contributed by atoms with Crippen LogP contribution in [0.2, 0.25) is 5.02 Å². The maximum absolute atomic E-state index is 12.0. The number of hydrogen-bond donors (Lipinski definition) is 2. The molecule has 140 valence electrons. The summed E-state index contributed by atoms with van der Waals surface area (Å²) in [4.78, 5) is 28.5. The zero-order valence-corrected chi connectivity index (χ0v) is 16.4. The van der Waals surface area contributed by atoms with Gasteiger partial charge in [0.1, 0.15) is 11.1 Å². The molecule has 3 aromatic rings. The molecule has 0 aliphatic carbocycles. The third-order valence-electron chi connectivity index (χ3n) is 3.82. The number of amides is 2. The minimum Gasteiger partial charge on any atom is -0.272 e. The molecule has 0 radical (unpaired) electrons. The van der Waals surface area contributed by atoms with Gasteiger partial charge in [-0.2, -0.15) is 5.26 Å². The molecule has 0 saturated carbocycles. The molecule has 0 aliphatic heterocycles. The van der Waals surface area contributed by atoms with Gasteiger partial charge in [0.05, 0.1) is 16.8 Å². The molecule has 3 rings (SSSR count). The minimum absolute atomic E-state index is 0.0000537. The van der Waals surface area contributed by atoms with Crippen molar-refractivity contribution in [2.24, 2.45) is 0 Å². The van der Waals surface area contributed by atoms with E-state index in [4.69, 9.17) is 11.6 Å². The van der Waals surface area contributed by atoms with Crippen LogP contribution in [0.15, 0.2) is 53.6 Å². The molecule has 0 aliphatic rings. The Morgan fingerprint density at radius 1 is 1.14 bits per heavy atom. The van der Waals surface area contributed by atoms with Crippen LogP contribution in [0.4, 0.5) is 0 Å². The summed E-state index contributed by atoms with van der Waals surface area (Å²) in [7, 11) is 0. The van der Waals surface area contributed by atoms with Crippen molar-refractivity contribution >= 4 is 46.1 Å². The maximum Gasteiger partial charge on any atom is 0.269 e. The number of fused-ring (bicyclic) bond motifs is 1. The van der Waals surface area contributed by atoms with Gasteiger partial charge in [0, 0.05) is 16.0 Å². The fourth-order valence-corrected chi connectivity index (χ4v) is 3.33. The topological polar surface area (TPSA) is 94.9 Å². The number of pyridine rings is 1. The lowest BCUT2D eigenvalue weighted by atomic mass is 10.1. The van der Waals surface area contributed by atoms with E-state index in [1.807, 2.05) is 25.1 Å². The number of nitrogens with one attached hydrogen (secondary N) is 2. The van der Waals surface area contributed by atoms with Crippen LogP contribution in [-0.2, 0) is 4.79 Å². The number of nitriles is 1. The van der Waals surface area contributed by atoms with Crippen LogP contribution < -0.4 is 10.9 Å². The van der Waals surface area contributed by atoms with Gasteiger partial charge in [0.2, 0.25) is 5.91 Å². The molecule has 6 nitrogen and oxygen atoms in total. The first-order valence-electron chi connectivity index (χ1n) is 8.25. The zero-order valence-electron chi connectivity index (χ0n) is 14.8. The van der Waals surface area contributed by atoms with E-state index in [9.17, 15) is 14.9 Å². The van der Waals surface area contributed by atoms with Gasteiger partial charge in [-0.15, -0.1) is 0 Å². The fourth-order valence-electron chi connectivity index (χ4n) is 2.44. The van der Waals surface area contributed by atoms with Gasteiger partial charge >= 0.3 is 0 Å². The summed E-state index contributed by atoms with van der Waals surface area (Å²) < 4.78 is 0.